The van der Waals surface area contributed by atoms with Crippen molar-refractivity contribution in [2.75, 3.05) is 13.2 Å². The lowest BCUT2D eigenvalue weighted by Crippen LogP contribution is -2.28. The first-order valence-corrected chi connectivity index (χ1v) is 23.3. The molecule has 5 heteroatoms. The van der Waals surface area contributed by atoms with E-state index in [9.17, 15) is 14.7 Å². The van der Waals surface area contributed by atoms with E-state index in [1.54, 1.807) is 0 Å². The van der Waals surface area contributed by atoms with Gasteiger partial charge in [-0.3, -0.25) is 9.59 Å². The van der Waals surface area contributed by atoms with Gasteiger partial charge in [-0.2, -0.15) is 0 Å². The smallest absolute Gasteiger partial charge is 0.306 e. The molecule has 0 aliphatic carbocycles. The van der Waals surface area contributed by atoms with Gasteiger partial charge in [0.1, 0.15) is 6.61 Å². The number of hydrogen-bond acceptors (Lipinski definition) is 5. The molecule has 0 bridgehead atoms. The summed E-state index contributed by atoms with van der Waals surface area (Å²) >= 11 is 0. The van der Waals surface area contributed by atoms with E-state index in [1.807, 2.05) is 0 Å². The molecule has 0 aromatic rings. The van der Waals surface area contributed by atoms with Crippen LogP contribution in [0, 0.1) is 0 Å². The number of aliphatic hydroxyl groups is 1. The predicted octanol–water partition coefficient (Wildman–Crippen LogP) is 15.1. The average molecular weight is 769 g/mol. The van der Waals surface area contributed by atoms with Crippen molar-refractivity contribution in [2.45, 2.75) is 232 Å². The number of ether oxygens (including phenoxy) is 2. The van der Waals surface area contributed by atoms with Crippen LogP contribution < -0.4 is 0 Å². The zero-order valence-electron chi connectivity index (χ0n) is 36.2. The zero-order valence-corrected chi connectivity index (χ0v) is 36.2. The van der Waals surface area contributed by atoms with Crippen molar-refractivity contribution in [1.29, 1.82) is 0 Å². The maximum Gasteiger partial charge on any atom is 0.306 e. The maximum absolute atomic E-state index is 12.2. The van der Waals surface area contributed by atoms with Gasteiger partial charge in [-0.25, -0.2) is 0 Å². The first kappa shape index (κ1) is 52.6. The van der Waals surface area contributed by atoms with Crippen molar-refractivity contribution in [3.8, 4) is 0 Å². The van der Waals surface area contributed by atoms with Gasteiger partial charge in [0.25, 0.3) is 0 Å². The van der Waals surface area contributed by atoms with Crippen molar-refractivity contribution < 1.29 is 24.2 Å². The van der Waals surface area contributed by atoms with E-state index in [4.69, 9.17) is 9.47 Å². The number of hydrogen-bond donors (Lipinski definition) is 1. The van der Waals surface area contributed by atoms with E-state index in [0.717, 1.165) is 64.2 Å². The molecule has 55 heavy (non-hydrogen) atoms. The molecule has 0 fully saturated rings. The van der Waals surface area contributed by atoms with Crippen LogP contribution >= 0.6 is 0 Å². The Morgan fingerprint density at radius 2 is 0.782 bits per heavy atom. The summed E-state index contributed by atoms with van der Waals surface area (Å²) in [5.41, 5.74) is 0. The summed E-state index contributed by atoms with van der Waals surface area (Å²) in [7, 11) is 0. The van der Waals surface area contributed by atoms with E-state index in [1.165, 1.54) is 135 Å². The second kappa shape index (κ2) is 46.0. The molecule has 318 valence electrons. The standard InChI is InChI=1S/C50H88O5/c1-3-5-7-9-11-13-15-17-19-21-23-24-25-26-27-29-31-33-35-37-39-41-43-45-50(53)55-48(46-51)47-54-49(52)44-42-40-38-36-34-32-30-28-22-20-18-16-14-12-10-8-6-4-2/h5,7,11,13,17,19-20,22-24,48,51H,3-4,6,8-10,12,14-16,18,21,25-47H2,1-2H3/b7-5-,13-11-,19-17-,22-20-,24-23-. The van der Waals surface area contributed by atoms with Crippen LogP contribution in [0.5, 0.6) is 0 Å². The molecule has 5 nitrogen and oxygen atoms in total. The minimum absolute atomic E-state index is 0.0704. The summed E-state index contributed by atoms with van der Waals surface area (Å²) in [4.78, 5) is 24.4. The van der Waals surface area contributed by atoms with Gasteiger partial charge < -0.3 is 14.6 Å². The third kappa shape index (κ3) is 44.2. The Balaban J connectivity index is 3.54. The lowest BCUT2D eigenvalue weighted by molar-refractivity contribution is -0.161. The molecule has 0 spiro atoms. The lowest BCUT2D eigenvalue weighted by Gasteiger charge is -2.15. The summed E-state index contributed by atoms with van der Waals surface area (Å²) < 4.78 is 10.7. The van der Waals surface area contributed by atoms with E-state index in [-0.39, 0.29) is 25.2 Å². The van der Waals surface area contributed by atoms with Gasteiger partial charge in [-0.05, 0) is 77.0 Å². The minimum Gasteiger partial charge on any atom is -0.462 e. The fourth-order valence-electron chi connectivity index (χ4n) is 6.54. The number of allylic oxidation sites excluding steroid dienone is 10. The Bertz CT molecular complexity index is 961. The van der Waals surface area contributed by atoms with Crippen LogP contribution in [0.2, 0.25) is 0 Å². The third-order valence-corrected chi connectivity index (χ3v) is 10.0. The summed E-state index contributed by atoms with van der Waals surface area (Å²) in [6.07, 6.45) is 60.1. The van der Waals surface area contributed by atoms with Crippen molar-refractivity contribution in [2.24, 2.45) is 0 Å². The van der Waals surface area contributed by atoms with E-state index < -0.39 is 6.10 Å². The van der Waals surface area contributed by atoms with E-state index >= 15 is 0 Å². The topological polar surface area (TPSA) is 72.8 Å². The molecule has 0 saturated heterocycles. The molecule has 0 aliphatic rings. The van der Waals surface area contributed by atoms with Crippen LogP contribution in [0.25, 0.3) is 0 Å². The number of unbranched alkanes of at least 4 members (excludes halogenated alkanes) is 24. The number of carbonyl (C=O) groups excluding carboxylic acids is 2. The first-order valence-electron chi connectivity index (χ1n) is 23.3. The molecule has 1 atom stereocenters. The molecule has 0 heterocycles. The molecular formula is C50H88O5. The predicted molar refractivity (Wildman–Crippen MR) is 237 cm³/mol. The fourth-order valence-corrected chi connectivity index (χ4v) is 6.54. The van der Waals surface area contributed by atoms with Gasteiger partial charge in [0, 0.05) is 12.8 Å². The fraction of sp³-hybridized carbons (Fsp3) is 0.760. The second-order valence-electron chi connectivity index (χ2n) is 15.4. The van der Waals surface area contributed by atoms with Gasteiger partial charge in [0.05, 0.1) is 6.61 Å². The van der Waals surface area contributed by atoms with Crippen molar-refractivity contribution in [1.82, 2.24) is 0 Å². The molecule has 0 rings (SSSR count). The number of carbonyl (C=O) groups is 2. The average Bonchev–Trinajstić information content (AvgIpc) is 3.19. The first-order chi connectivity index (χ1) is 27.1. The zero-order chi connectivity index (χ0) is 40.0. The van der Waals surface area contributed by atoms with Crippen LogP contribution in [-0.2, 0) is 19.1 Å². The van der Waals surface area contributed by atoms with Gasteiger partial charge in [-0.1, -0.05) is 197 Å². The molecule has 0 amide bonds. The normalized spacial score (nSPS) is 12.7. The molecule has 0 aliphatic heterocycles. The van der Waals surface area contributed by atoms with Gasteiger partial charge >= 0.3 is 11.9 Å². The number of aliphatic hydroxyl groups excluding tert-OH is 1. The largest absolute Gasteiger partial charge is 0.462 e. The van der Waals surface area contributed by atoms with Gasteiger partial charge in [0.2, 0.25) is 0 Å². The van der Waals surface area contributed by atoms with Crippen LogP contribution in [0.3, 0.4) is 0 Å². The van der Waals surface area contributed by atoms with Crippen LogP contribution in [0.1, 0.15) is 226 Å². The van der Waals surface area contributed by atoms with Crippen LogP contribution in [0.15, 0.2) is 60.8 Å². The number of rotatable bonds is 42. The summed E-state index contributed by atoms with van der Waals surface area (Å²) in [5.74, 6) is -0.598. The van der Waals surface area contributed by atoms with Gasteiger partial charge in [-0.15, -0.1) is 0 Å². The highest BCUT2D eigenvalue weighted by Gasteiger charge is 2.16. The molecule has 0 aromatic heterocycles. The summed E-state index contributed by atoms with van der Waals surface area (Å²) in [6, 6.07) is 0. The SMILES string of the molecule is CC/C=C\C/C=C\C/C=C\C/C=C\CCCCCCCCCCCCC(=O)OC(CO)COC(=O)CCCCCCCCC/C=C\CCCCCCCCC. The highest BCUT2D eigenvalue weighted by Crippen LogP contribution is 2.14. The van der Waals surface area contributed by atoms with Gasteiger partial charge in [0.15, 0.2) is 6.10 Å². The lowest BCUT2D eigenvalue weighted by atomic mass is 10.0. The highest BCUT2D eigenvalue weighted by molar-refractivity contribution is 5.70. The van der Waals surface area contributed by atoms with Crippen molar-refractivity contribution >= 4 is 11.9 Å². The molecule has 1 unspecified atom stereocenters. The molecule has 0 radical (unpaired) electrons. The Hall–Kier alpha value is -2.40. The van der Waals surface area contributed by atoms with Crippen LogP contribution in [-0.4, -0.2) is 36.4 Å². The number of esters is 2. The minimum atomic E-state index is -0.777. The quantitative estimate of drug-likeness (QED) is 0.0380. The Morgan fingerprint density at radius 3 is 1.20 bits per heavy atom. The van der Waals surface area contributed by atoms with Crippen LogP contribution in [0.4, 0.5) is 0 Å². The Labute approximate surface area is 341 Å². The van der Waals surface area contributed by atoms with E-state index in [2.05, 4.69) is 74.6 Å². The van der Waals surface area contributed by atoms with E-state index in [0.29, 0.717) is 12.8 Å². The summed E-state index contributed by atoms with van der Waals surface area (Å²) in [6.45, 7) is 4.03. The third-order valence-electron chi connectivity index (χ3n) is 10.0. The molecule has 0 saturated carbocycles. The van der Waals surface area contributed by atoms with Crippen molar-refractivity contribution in [3.63, 3.8) is 0 Å². The maximum atomic E-state index is 12.2. The molecule has 1 N–H and O–H groups in total. The highest BCUT2D eigenvalue weighted by atomic mass is 16.6. The molecule has 0 aromatic carbocycles. The monoisotopic (exact) mass is 769 g/mol. The Morgan fingerprint density at radius 1 is 0.436 bits per heavy atom. The van der Waals surface area contributed by atoms with Crippen molar-refractivity contribution in [3.05, 3.63) is 60.8 Å². The Kier molecular flexibility index (Phi) is 44.0. The summed E-state index contributed by atoms with van der Waals surface area (Å²) in [5, 5.41) is 9.60. The second-order valence-corrected chi connectivity index (χ2v) is 15.4. The molecular weight excluding hydrogens is 681 g/mol.